The topological polar surface area (TPSA) is 30.5 Å². The highest BCUT2D eigenvalue weighted by Gasteiger charge is 2.12. The largest absolute Gasteiger partial charge is 0.494 e. The molecule has 1 N–H and O–H groups in total. The molecule has 0 saturated carbocycles. The van der Waals surface area contributed by atoms with Gasteiger partial charge in [0, 0.05) is 0 Å². The van der Waals surface area contributed by atoms with Crippen LogP contribution >= 0.6 is 0 Å². The van der Waals surface area contributed by atoms with Gasteiger partial charge < -0.3 is 14.8 Å². The molecule has 0 atom stereocenters. The van der Waals surface area contributed by atoms with Gasteiger partial charge in [-0.15, -0.1) is 0 Å². The Bertz CT molecular complexity index is 562. The van der Waals surface area contributed by atoms with Crippen LogP contribution in [0.25, 0.3) is 0 Å². The molecule has 1 aliphatic heterocycles. The Morgan fingerprint density at radius 2 is 1.48 bits per heavy atom. The number of nitrogens with one attached hydrogen (secondary N) is 1. The van der Waals surface area contributed by atoms with Gasteiger partial charge in [-0.2, -0.15) is 0 Å². The fraction of sp³-hybridized carbons (Fsp3) is 0.400. The number of benzene rings is 2. The van der Waals surface area contributed by atoms with Crippen molar-refractivity contribution in [2.45, 2.75) is 25.9 Å². The van der Waals surface area contributed by atoms with Crippen molar-refractivity contribution in [3.8, 4) is 11.5 Å². The number of hydrogen-bond donors (Lipinski definition) is 1. The average molecular weight is 311 g/mol. The molecule has 0 bridgehead atoms. The second-order valence-corrected chi connectivity index (χ2v) is 6.08. The Labute approximate surface area is 138 Å². The van der Waals surface area contributed by atoms with Gasteiger partial charge in [0.1, 0.15) is 18.1 Å². The molecule has 0 spiro atoms. The molecule has 2 aromatic carbocycles. The summed E-state index contributed by atoms with van der Waals surface area (Å²) in [4.78, 5) is 0. The molecule has 3 heteroatoms. The summed E-state index contributed by atoms with van der Waals surface area (Å²) in [6.07, 6.45) is 3.69. The van der Waals surface area contributed by atoms with Crippen molar-refractivity contribution in [2.75, 3.05) is 19.7 Å². The third-order valence-corrected chi connectivity index (χ3v) is 4.33. The van der Waals surface area contributed by atoms with Crippen LogP contribution in [0.4, 0.5) is 0 Å². The normalized spacial score (nSPS) is 15.3. The molecule has 0 amide bonds. The monoisotopic (exact) mass is 311 g/mol. The van der Waals surface area contributed by atoms with Crippen LogP contribution < -0.4 is 14.8 Å². The lowest BCUT2D eigenvalue weighted by Gasteiger charge is -2.22. The van der Waals surface area contributed by atoms with E-state index in [1.165, 1.54) is 18.4 Å². The Morgan fingerprint density at radius 1 is 0.826 bits per heavy atom. The van der Waals surface area contributed by atoms with Gasteiger partial charge in [0.25, 0.3) is 0 Å². The highest BCUT2D eigenvalue weighted by molar-refractivity contribution is 5.31. The van der Waals surface area contributed by atoms with E-state index in [2.05, 4.69) is 17.4 Å². The van der Waals surface area contributed by atoms with Crippen LogP contribution in [-0.2, 0) is 6.61 Å². The first kappa shape index (κ1) is 15.9. The van der Waals surface area contributed by atoms with Gasteiger partial charge in [0.15, 0.2) is 0 Å². The molecule has 23 heavy (non-hydrogen) atoms. The number of rotatable bonds is 7. The SMILES string of the molecule is c1ccc(COc2ccc(OCCC3CCNCC3)cc2)cc1. The van der Waals surface area contributed by atoms with Gasteiger partial charge in [0.05, 0.1) is 6.61 Å². The molecular weight excluding hydrogens is 286 g/mol. The summed E-state index contributed by atoms with van der Waals surface area (Å²) < 4.78 is 11.6. The zero-order valence-corrected chi connectivity index (χ0v) is 13.5. The summed E-state index contributed by atoms with van der Waals surface area (Å²) in [5.41, 5.74) is 1.18. The van der Waals surface area contributed by atoms with Gasteiger partial charge >= 0.3 is 0 Å². The van der Waals surface area contributed by atoms with Crippen LogP contribution in [0.15, 0.2) is 54.6 Å². The van der Waals surface area contributed by atoms with E-state index in [0.29, 0.717) is 6.61 Å². The summed E-state index contributed by atoms with van der Waals surface area (Å²) >= 11 is 0. The molecule has 0 aliphatic carbocycles. The van der Waals surface area contributed by atoms with Crippen molar-refractivity contribution in [3.63, 3.8) is 0 Å². The van der Waals surface area contributed by atoms with Crippen molar-refractivity contribution in [2.24, 2.45) is 5.92 Å². The first-order valence-corrected chi connectivity index (χ1v) is 8.50. The zero-order chi connectivity index (χ0) is 15.7. The second-order valence-electron chi connectivity index (χ2n) is 6.08. The van der Waals surface area contributed by atoms with Gasteiger partial charge in [-0.25, -0.2) is 0 Å². The van der Waals surface area contributed by atoms with E-state index < -0.39 is 0 Å². The number of hydrogen-bond acceptors (Lipinski definition) is 3. The van der Waals surface area contributed by atoms with Crippen LogP contribution in [0, 0.1) is 5.92 Å². The van der Waals surface area contributed by atoms with Crippen molar-refractivity contribution < 1.29 is 9.47 Å². The van der Waals surface area contributed by atoms with Crippen LogP contribution in [0.2, 0.25) is 0 Å². The Hall–Kier alpha value is -2.00. The molecule has 122 valence electrons. The molecule has 1 heterocycles. The lowest BCUT2D eigenvalue weighted by atomic mass is 9.95. The maximum Gasteiger partial charge on any atom is 0.120 e. The summed E-state index contributed by atoms with van der Waals surface area (Å²) in [6, 6.07) is 18.1. The molecule has 0 aromatic heterocycles. The van der Waals surface area contributed by atoms with Gasteiger partial charge in [-0.1, -0.05) is 30.3 Å². The van der Waals surface area contributed by atoms with E-state index in [1.807, 2.05) is 42.5 Å². The second kappa shape index (κ2) is 8.59. The fourth-order valence-electron chi connectivity index (χ4n) is 2.89. The maximum atomic E-state index is 5.85. The van der Waals surface area contributed by atoms with Gasteiger partial charge in [-0.05, 0) is 68.1 Å². The lowest BCUT2D eigenvalue weighted by Crippen LogP contribution is -2.28. The van der Waals surface area contributed by atoms with Crippen LogP contribution in [-0.4, -0.2) is 19.7 Å². The van der Waals surface area contributed by atoms with Crippen molar-refractivity contribution in [1.82, 2.24) is 5.32 Å². The van der Waals surface area contributed by atoms with Gasteiger partial charge in [-0.3, -0.25) is 0 Å². The molecule has 0 unspecified atom stereocenters. The minimum absolute atomic E-state index is 0.594. The fourth-order valence-corrected chi connectivity index (χ4v) is 2.89. The van der Waals surface area contributed by atoms with Gasteiger partial charge in [0.2, 0.25) is 0 Å². The summed E-state index contributed by atoms with van der Waals surface area (Å²) in [7, 11) is 0. The third kappa shape index (κ3) is 5.29. The predicted molar refractivity (Wildman–Crippen MR) is 92.9 cm³/mol. The van der Waals surface area contributed by atoms with Crippen molar-refractivity contribution in [1.29, 1.82) is 0 Å². The summed E-state index contributed by atoms with van der Waals surface area (Å²) in [5.74, 6) is 2.61. The highest BCUT2D eigenvalue weighted by atomic mass is 16.5. The Balaban J connectivity index is 1.40. The van der Waals surface area contributed by atoms with E-state index in [0.717, 1.165) is 43.5 Å². The number of piperidine rings is 1. The molecule has 2 aromatic rings. The minimum Gasteiger partial charge on any atom is -0.494 e. The van der Waals surface area contributed by atoms with Crippen molar-refractivity contribution in [3.05, 3.63) is 60.2 Å². The predicted octanol–water partition coefficient (Wildman–Crippen LogP) is 4.03. The summed E-state index contributed by atoms with van der Waals surface area (Å²) in [5, 5.41) is 3.40. The molecule has 1 aliphatic rings. The van der Waals surface area contributed by atoms with E-state index >= 15 is 0 Å². The van der Waals surface area contributed by atoms with E-state index in [1.54, 1.807) is 0 Å². The average Bonchev–Trinajstić information content (AvgIpc) is 2.63. The standard InChI is InChI=1S/C20H25NO2/c1-2-4-18(5-3-1)16-23-20-8-6-19(7-9-20)22-15-12-17-10-13-21-14-11-17/h1-9,17,21H,10-16H2. The molecular formula is C20H25NO2. The number of ether oxygens (including phenoxy) is 2. The van der Waals surface area contributed by atoms with E-state index in [4.69, 9.17) is 9.47 Å². The zero-order valence-electron chi connectivity index (χ0n) is 13.5. The summed E-state index contributed by atoms with van der Waals surface area (Å²) in [6.45, 7) is 3.70. The first-order valence-electron chi connectivity index (χ1n) is 8.50. The first-order chi connectivity index (χ1) is 11.4. The smallest absolute Gasteiger partial charge is 0.120 e. The lowest BCUT2D eigenvalue weighted by molar-refractivity contribution is 0.251. The van der Waals surface area contributed by atoms with Crippen LogP contribution in [0.5, 0.6) is 11.5 Å². The van der Waals surface area contributed by atoms with E-state index in [-0.39, 0.29) is 0 Å². The van der Waals surface area contributed by atoms with E-state index in [9.17, 15) is 0 Å². The Morgan fingerprint density at radius 3 is 2.17 bits per heavy atom. The molecule has 3 nitrogen and oxygen atoms in total. The minimum atomic E-state index is 0.594. The van der Waals surface area contributed by atoms with Crippen LogP contribution in [0.3, 0.4) is 0 Å². The maximum absolute atomic E-state index is 5.85. The molecule has 1 saturated heterocycles. The van der Waals surface area contributed by atoms with Crippen molar-refractivity contribution >= 4 is 0 Å². The third-order valence-electron chi connectivity index (χ3n) is 4.33. The quantitative estimate of drug-likeness (QED) is 0.837. The molecule has 0 radical (unpaired) electrons. The van der Waals surface area contributed by atoms with Crippen LogP contribution in [0.1, 0.15) is 24.8 Å². The molecule has 3 rings (SSSR count). The highest BCUT2D eigenvalue weighted by Crippen LogP contribution is 2.20. The Kier molecular flexibility index (Phi) is 5.93. The molecule has 1 fully saturated rings.